The number of carbonyl (C=O) groups is 2. The van der Waals surface area contributed by atoms with Gasteiger partial charge in [0.05, 0.1) is 17.0 Å². The van der Waals surface area contributed by atoms with Crippen LogP contribution in [0.25, 0.3) is 0 Å². The molecule has 11 heteroatoms. The number of aromatic nitrogens is 1. The van der Waals surface area contributed by atoms with E-state index in [4.69, 9.17) is 0 Å². The predicted molar refractivity (Wildman–Crippen MR) is 149 cm³/mol. The number of pyridine rings is 1. The summed E-state index contributed by atoms with van der Waals surface area (Å²) in [6, 6.07) is 17.2. The predicted octanol–water partition coefficient (Wildman–Crippen LogP) is 2.50. The third-order valence-corrected chi connectivity index (χ3v) is 8.06. The van der Waals surface area contributed by atoms with Gasteiger partial charge in [-0.15, -0.1) is 0 Å². The smallest absolute Gasteiger partial charge is 0.243 e. The van der Waals surface area contributed by atoms with Crippen molar-refractivity contribution < 1.29 is 28.2 Å². The van der Waals surface area contributed by atoms with E-state index in [-0.39, 0.29) is 42.8 Å². The van der Waals surface area contributed by atoms with E-state index in [0.29, 0.717) is 11.3 Å². The van der Waals surface area contributed by atoms with Gasteiger partial charge in [0.15, 0.2) is 0 Å². The first kappa shape index (κ1) is 30.7. The van der Waals surface area contributed by atoms with E-state index in [9.17, 15) is 28.2 Å². The quantitative estimate of drug-likeness (QED) is 0.323. The van der Waals surface area contributed by atoms with Crippen LogP contribution in [0.1, 0.15) is 31.9 Å². The minimum Gasteiger partial charge on any atom is -0.530 e. The minimum absolute atomic E-state index is 0.0128. The molecular weight excluding hydrogens is 532 g/mol. The number of carbonyl (C=O) groups excluding carboxylic acids is 2. The van der Waals surface area contributed by atoms with Crippen LogP contribution in [0.15, 0.2) is 84.0 Å². The van der Waals surface area contributed by atoms with Gasteiger partial charge in [-0.25, -0.2) is 8.42 Å². The molecule has 0 fully saturated rings. The van der Waals surface area contributed by atoms with Crippen LogP contribution < -0.4 is 10.4 Å². The van der Waals surface area contributed by atoms with Gasteiger partial charge in [-0.05, 0) is 53.8 Å². The summed E-state index contributed by atoms with van der Waals surface area (Å²) in [6.45, 7) is 4.72. The Balaban J connectivity index is 1.95. The second-order valence-corrected chi connectivity index (χ2v) is 11.9. The largest absolute Gasteiger partial charge is 0.530 e. The molecule has 0 saturated heterocycles. The Morgan fingerprint density at radius 3 is 2.17 bits per heavy atom. The zero-order chi connectivity index (χ0) is 29.3. The van der Waals surface area contributed by atoms with Crippen LogP contribution in [0.2, 0.25) is 0 Å². The second-order valence-electron chi connectivity index (χ2n) is 10.0. The van der Waals surface area contributed by atoms with Gasteiger partial charge in [0.2, 0.25) is 15.9 Å². The average molecular weight is 568 g/mol. The van der Waals surface area contributed by atoms with Gasteiger partial charge in [0.25, 0.3) is 0 Å². The maximum Gasteiger partial charge on any atom is 0.243 e. The highest BCUT2D eigenvalue weighted by atomic mass is 32.2. The van der Waals surface area contributed by atoms with Crippen molar-refractivity contribution in [3.8, 4) is 0 Å². The van der Waals surface area contributed by atoms with E-state index in [1.807, 2.05) is 44.2 Å². The zero-order valence-electron chi connectivity index (χ0n) is 22.8. The number of hydrogen-bond donors (Lipinski definition) is 2. The number of aliphatic hydroxyl groups is 1. The third-order valence-electron chi connectivity index (χ3n) is 6.21. The zero-order valence-corrected chi connectivity index (χ0v) is 23.6. The highest BCUT2D eigenvalue weighted by Crippen LogP contribution is 2.23. The first-order valence-electron chi connectivity index (χ1n) is 12.9. The molecule has 0 aliphatic heterocycles. The fraction of sp³-hybridized carbons (Fsp3) is 0.345. The maximum atomic E-state index is 13.7. The monoisotopic (exact) mass is 567 g/mol. The van der Waals surface area contributed by atoms with Crippen molar-refractivity contribution >= 4 is 27.7 Å². The summed E-state index contributed by atoms with van der Waals surface area (Å²) in [5, 5.41) is 26.5. The lowest BCUT2D eigenvalue weighted by Gasteiger charge is -2.38. The van der Waals surface area contributed by atoms with Crippen molar-refractivity contribution in [2.24, 2.45) is 5.92 Å². The van der Waals surface area contributed by atoms with Crippen LogP contribution in [-0.2, 0) is 27.8 Å². The lowest BCUT2D eigenvalue weighted by molar-refractivity contribution is -0.270. The fourth-order valence-electron chi connectivity index (χ4n) is 4.39. The van der Waals surface area contributed by atoms with Gasteiger partial charge in [-0.1, -0.05) is 50.2 Å². The SMILES string of the molecule is CC(=O)Nc1ccc(S(=O)(=O)N(CC(C)C)C[C@@H](O)[C@H](Cc2ccccc2)N(Cc2cccnc2)C(=O)[O-])cc1. The Labute approximate surface area is 235 Å². The maximum absolute atomic E-state index is 13.7. The van der Waals surface area contributed by atoms with Crippen LogP contribution in [0.5, 0.6) is 0 Å². The van der Waals surface area contributed by atoms with Crippen LogP contribution in [0, 0.1) is 5.92 Å². The van der Waals surface area contributed by atoms with Gasteiger partial charge in [-0.2, -0.15) is 4.31 Å². The minimum atomic E-state index is -4.08. The third kappa shape index (κ3) is 8.60. The van der Waals surface area contributed by atoms with E-state index < -0.39 is 28.3 Å². The van der Waals surface area contributed by atoms with E-state index in [0.717, 1.165) is 10.5 Å². The molecule has 1 heterocycles. The lowest BCUT2D eigenvalue weighted by atomic mass is 9.99. The number of amides is 2. The number of benzene rings is 2. The van der Waals surface area contributed by atoms with Crippen LogP contribution in [0.4, 0.5) is 10.5 Å². The number of carboxylic acid groups (broad SMARTS) is 1. The average Bonchev–Trinajstić information content (AvgIpc) is 2.91. The lowest BCUT2D eigenvalue weighted by Crippen LogP contribution is -2.55. The van der Waals surface area contributed by atoms with Crippen molar-refractivity contribution in [1.82, 2.24) is 14.2 Å². The molecule has 2 N–H and O–H groups in total. The summed E-state index contributed by atoms with van der Waals surface area (Å²) in [6.07, 6.45) is 0.359. The molecule has 2 atom stereocenters. The van der Waals surface area contributed by atoms with Gasteiger partial charge in [-0.3, -0.25) is 9.78 Å². The van der Waals surface area contributed by atoms with E-state index in [1.54, 1.807) is 18.3 Å². The topological polar surface area (TPSA) is 143 Å². The molecule has 0 aliphatic carbocycles. The van der Waals surface area contributed by atoms with Gasteiger partial charge < -0.3 is 25.2 Å². The Hall–Kier alpha value is -3.80. The molecule has 0 bridgehead atoms. The summed E-state index contributed by atoms with van der Waals surface area (Å²) < 4.78 is 28.6. The summed E-state index contributed by atoms with van der Waals surface area (Å²) in [5.41, 5.74) is 1.82. The molecule has 1 aromatic heterocycles. The molecule has 0 aliphatic rings. The van der Waals surface area contributed by atoms with E-state index in [2.05, 4.69) is 10.3 Å². The number of nitrogens with one attached hydrogen (secondary N) is 1. The Morgan fingerprint density at radius 2 is 1.62 bits per heavy atom. The molecule has 3 rings (SSSR count). The summed E-state index contributed by atoms with van der Waals surface area (Å²) in [7, 11) is -4.08. The molecule has 40 heavy (non-hydrogen) atoms. The molecule has 0 radical (unpaired) electrons. The van der Waals surface area contributed by atoms with Crippen LogP contribution in [-0.4, -0.2) is 64.9 Å². The van der Waals surface area contributed by atoms with Crippen LogP contribution >= 0.6 is 0 Å². The molecular formula is C29H35N4O6S-. The number of anilines is 1. The summed E-state index contributed by atoms with van der Waals surface area (Å²) in [4.78, 5) is 28.7. The standard InChI is InChI=1S/C29H36N4O6S/c1-21(2)18-32(40(38,39)26-13-11-25(12-14-26)31-22(3)34)20-28(35)27(16-23-8-5-4-6-9-23)33(29(36)37)19-24-10-7-15-30-17-24/h4-15,17,21,27-28,35H,16,18-20H2,1-3H3,(H,31,34)(H,36,37)/p-1/t27-,28+/m0/s1. The number of aliphatic hydroxyl groups excluding tert-OH is 1. The Morgan fingerprint density at radius 1 is 0.975 bits per heavy atom. The second kappa shape index (κ2) is 14.0. The van der Waals surface area contributed by atoms with Gasteiger partial charge >= 0.3 is 0 Å². The molecule has 0 saturated carbocycles. The number of rotatable bonds is 13. The van der Waals surface area contributed by atoms with Crippen molar-refractivity contribution in [1.29, 1.82) is 0 Å². The summed E-state index contributed by atoms with van der Waals surface area (Å²) >= 11 is 0. The molecule has 0 unspecified atom stereocenters. The van der Waals surface area contributed by atoms with Crippen molar-refractivity contribution in [3.63, 3.8) is 0 Å². The molecule has 3 aromatic rings. The summed E-state index contributed by atoms with van der Waals surface area (Å²) in [5.74, 6) is -0.366. The van der Waals surface area contributed by atoms with Gasteiger partial charge in [0, 0.05) is 44.6 Å². The highest BCUT2D eigenvalue weighted by molar-refractivity contribution is 7.89. The number of nitrogens with zero attached hydrogens (tertiary/aromatic N) is 3. The van der Waals surface area contributed by atoms with E-state index in [1.165, 1.54) is 41.7 Å². The molecule has 2 amide bonds. The first-order chi connectivity index (χ1) is 19.0. The molecule has 10 nitrogen and oxygen atoms in total. The van der Waals surface area contributed by atoms with Crippen molar-refractivity contribution in [2.45, 2.75) is 50.8 Å². The normalized spacial score (nSPS) is 13.2. The Kier molecular flexibility index (Phi) is 10.8. The fourth-order valence-corrected chi connectivity index (χ4v) is 6.01. The van der Waals surface area contributed by atoms with Gasteiger partial charge in [0.1, 0.15) is 6.09 Å². The Bertz CT molecular complexity index is 1350. The molecule has 214 valence electrons. The number of sulfonamides is 1. The van der Waals surface area contributed by atoms with Crippen LogP contribution in [0.3, 0.4) is 0 Å². The van der Waals surface area contributed by atoms with E-state index >= 15 is 0 Å². The number of hydrogen-bond acceptors (Lipinski definition) is 7. The van der Waals surface area contributed by atoms with Crippen molar-refractivity contribution in [3.05, 3.63) is 90.3 Å². The first-order valence-corrected chi connectivity index (χ1v) is 14.4. The molecule has 2 aromatic carbocycles. The highest BCUT2D eigenvalue weighted by Gasteiger charge is 2.33. The molecule has 0 spiro atoms. The van der Waals surface area contributed by atoms with Crippen molar-refractivity contribution in [2.75, 3.05) is 18.4 Å².